The monoisotopic (exact) mass is 335 g/mol. The SMILES string of the molecule is Cc1ncsc1CNS(=O)(=O)c1c(C)n(C)c2ccccc12. The minimum Gasteiger partial charge on any atom is -0.347 e. The standard InChI is InChI=1S/C15H17N3O2S2/c1-10-14(21-9-16-10)8-17-22(19,20)15-11(2)18(3)13-7-5-4-6-12(13)15/h4-7,9,17H,8H2,1-3H3. The zero-order valence-electron chi connectivity index (χ0n) is 12.6. The maximum atomic E-state index is 12.7. The van der Waals surface area contributed by atoms with Gasteiger partial charge in [-0.05, 0) is 19.9 Å². The highest BCUT2D eigenvalue weighted by atomic mass is 32.2. The summed E-state index contributed by atoms with van der Waals surface area (Å²) in [6.45, 7) is 3.97. The molecule has 3 aromatic rings. The van der Waals surface area contributed by atoms with Crippen molar-refractivity contribution in [2.45, 2.75) is 25.3 Å². The molecule has 0 bridgehead atoms. The van der Waals surface area contributed by atoms with Gasteiger partial charge < -0.3 is 4.57 Å². The number of nitrogens with zero attached hydrogens (tertiary/aromatic N) is 2. The quantitative estimate of drug-likeness (QED) is 0.797. The second kappa shape index (κ2) is 5.49. The van der Waals surface area contributed by atoms with Crippen molar-refractivity contribution in [3.05, 3.63) is 46.0 Å². The Hall–Kier alpha value is -1.70. The maximum Gasteiger partial charge on any atom is 0.243 e. The van der Waals surface area contributed by atoms with Gasteiger partial charge >= 0.3 is 0 Å². The first-order chi connectivity index (χ1) is 10.4. The van der Waals surface area contributed by atoms with Gasteiger partial charge in [-0.1, -0.05) is 18.2 Å². The zero-order valence-corrected chi connectivity index (χ0v) is 14.3. The molecule has 5 nitrogen and oxygen atoms in total. The molecule has 0 fully saturated rings. The fourth-order valence-electron chi connectivity index (χ4n) is 2.55. The lowest BCUT2D eigenvalue weighted by molar-refractivity contribution is 0.581. The van der Waals surface area contributed by atoms with Crippen LogP contribution in [-0.2, 0) is 23.6 Å². The van der Waals surface area contributed by atoms with Crippen LogP contribution in [0.5, 0.6) is 0 Å². The van der Waals surface area contributed by atoms with Crippen LogP contribution in [-0.4, -0.2) is 18.0 Å². The van der Waals surface area contributed by atoms with E-state index >= 15 is 0 Å². The van der Waals surface area contributed by atoms with E-state index in [1.54, 1.807) is 5.51 Å². The topological polar surface area (TPSA) is 64.0 Å². The van der Waals surface area contributed by atoms with Crippen LogP contribution in [0, 0.1) is 13.8 Å². The van der Waals surface area contributed by atoms with E-state index in [4.69, 9.17) is 0 Å². The van der Waals surface area contributed by atoms with Crippen molar-refractivity contribution in [1.82, 2.24) is 14.3 Å². The molecule has 0 saturated carbocycles. The minimum atomic E-state index is -3.58. The second-order valence-corrected chi connectivity index (χ2v) is 7.82. The summed E-state index contributed by atoms with van der Waals surface area (Å²) in [5.41, 5.74) is 4.23. The van der Waals surface area contributed by atoms with Crippen molar-refractivity contribution in [3.63, 3.8) is 0 Å². The summed E-state index contributed by atoms with van der Waals surface area (Å²) in [6, 6.07) is 7.53. The normalized spacial score (nSPS) is 12.1. The van der Waals surface area contributed by atoms with Crippen LogP contribution >= 0.6 is 11.3 Å². The number of aromatic nitrogens is 2. The molecule has 0 spiro atoms. The number of fused-ring (bicyclic) bond motifs is 1. The second-order valence-electron chi connectivity index (χ2n) is 5.18. The Morgan fingerprint density at radius 3 is 2.68 bits per heavy atom. The Bertz CT molecular complexity index is 939. The van der Waals surface area contributed by atoms with E-state index in [0.29, 0.717) is 4.90 Å². The Labute approximate surface area is 133 Å². The van der Waals surface area contributed by atoms with Gasteiger partial charge in [0.15, 0.2) is 0 Å². The number of hydrogen-bond donors (Lipinski definition) is 1. The molecule has 0 amide bonds. The van der Waals surface area contributed by atoms with E-state index in [1.807, 2.05) is 49.7 Å². The number of hydrogen-bond acceptors (Lipinski definition) is 4. The molecule has 116 valence electrons. The van der Waals surface area contributed by atoms with Gasteiger partial charge in [-0.15, -0.1) is 11.3 Å². The molecule has 0 saturated heterocycles. The highest BCUT2D eigenvalue weighted by Crippen LogP contribution is 2.29. The molecular formula is C15H17N3O2S2. The van der Waals surface area contributed by atoms with Crippen LogP contribution in [0.4, 0.5) is 0 Å². The van der Waals surface area contributed by atoms with Crippen LogP contribution in [0.15, 0.2) is 34.7 Å². The molecule has 2 aromatic heterocycles. The molecule has 0 aliphatic heterocycles. The summed E-state index contributed by atoms with van der Waals surface area (Å²) in [5.74, 6) is 0. The minimum absolute atomic E-state index is 0.265. The third-order valence-electron chi connectivity index (χ3n) is 3.88. The van der Waals surface area contributed by atoms with E-state index in [0.717, 1.165) is 27.2 Å². The smallest absolute Gasteiger partial charge is 0.243 e. The number of rotatable bonds is 4. The van der Waals surface area contributed by atoms with Gasteiger partial charge in [0.1, 0.15) is 4.90 Å². The average Bonchev–Trinajstić information content (AvgIpc) is 3.00. The van der Waals surface area contributed by atoms with Gasteiger partial charge in [0.25, 0.3) is 0 Å². The highest BCUT2D eigenvalue weighted by molar-refractivity contribution is 7.89. The molecule has 22 heavy (non-hydrogen) atoms. The predicted molar refractivity (Wildman–Crippen MR) is 88.5 cm³/mol. The highest BCUT2D eigenvalue weighted by Gasteiger charge is 2.24. The van der Waals surface area contributed by atoms with Gasteiger partial charge in [-0.25, -0.2) is 18.1 Å². The molecule has 0 atom stereocenters. The van der Waals surface area contributed by atoms with Gasteiger partial charge in [0.05, 0.1) is 11.2 Å². The summed E-state index contributed by atoms with van der Waals surface area (Å²) in [7, 11) is -1.70. The summed E-state index contributed by atoms with van der Waals surface area (Å²) in [6.07, 6.45) is 0. The van der Waals surface area contributed by atoms with E-state index in [-0.39, 0.29) is 6.54 Å². The van der Waals surface area contributed by atoms with Gasteiger partial charge in [0.2, 0.25) is 10.0 Å². The molecular weight excluding hydrogens is 318 g/mol. The first-order valence-corrected chi connectivity index (χ1v) is 9.20. The van der Waals surface area contributed by atoms with E-state index in [2.05, 4.69) is 9.71 Å². The predicted octanol–water partition coefficient (Wildman–Crippen LogP) is 2.73. The Kier molecular flexibility index (Phi) is 3.80. The Morgan fingerprint density at radius 2 is 2.00 bits per heavy atom. The molecule has 7 heteroatoms. The number of nitrogens with one attached hydrogen (secondary N) is 1. The maximum absolute atomic E-state index is 12.7. The number of benzene rings is 1. The van der Waals surface area contributed by atoms with Crippen molar-refractivity contribution in [1.29, 1.82) is 0 Å². The number of para-hydroxylation sites is 1. The van der Waals surface area contributed by atoms with Crippen molar-refractivity contribution < 1.29 is 8.42 Å². The van der Waals surface area contributed by atoms with Crippen molar-refractivity contribution in [2.24, 2.45) is 7.05 Å². The van der Waals surface area contributed by atoms with Crippen molar-refractivity contribution in [2.75, 3.05) is 0 Å². The zero-order chi connectivity index (χ0) is 15.9. The number of sulfonamides is 1. The van der Waals surface area contributed by atoms with Crippen molar-refractivity contribution >= 4 is 32.3 Å². The van der Waals surface area contributed by atoms with Crippen LogP contribution in [0.25, 0.3) is 10.9 Å². The Balaban J connectivity index is 2.03. The largest absolute Gasteiger partial charge is 0.347 e. The summed E-state index contributed by atoms with van der Waals surface area (Å²) >= 11 is 1.46. The lowest BCUT2D eigenvalue weighted by Crippen LogP contribution is -2.23. The van der Waals surface area contributed by atoms with Gasteiger partial charge in [-0.3, -0.25) is 0 Å². The molecule has 0 unspecified atom stereocenters. The average molecular weight is 335 g/mol. The molecule has 0 aliphatic carbocycles. The molecule has 1 N–H and O–H groups in total. The molecule has 0 radical (unpaired) electrons. The van der Waals surface area contributed by atoms with Crippen LogP contribution in [0.1, 0.15) is 16.3 Å². The van der Waals surface area contributed by atoms with E-state index < -0.39 is 10.0 Å². The first-order valence-electron chi connectivity index (χ1n) is 6.84. The third kappa shape index (κ3) is 2.45. The summed E-state index contributed by atoms with van der Waals surface area (Å²) < 4.78 is 30.1. The fraction of sp³-hybridized carbons (Fsp3) is 0.267. The lowest BCUT2D eigenvalue weighted by Gasteiger charge is -2.07. The molecule has 1 aromatic carbocycles. The third-order valence-corrected chi connectivity index (χ3v) is 6.39. The van der Waals surface area contributed by atoms with Gasteiger partial charge in [-0.2, -0.15) is 0 Å². The summed E-state index contributed by atoms with van der Waals surface area (Å²) in [5, 5.41) is 0.746. The molecule has 3 rings (SSSR count). The van der Waals surface area contributed by atoms with Crippen molar-refractivity contribution in [3.8, 4) is 0 Å². The Morgan fingerprint density at radius 1 is 1.27 bits per heavy atom. The van der Waals surface area contributed by atoms with Crippen LogP contribution in [0.3, 0.4) is 0 Å². The van der Waals surface area contributed by atoms with Crippen LogP contribution < -0.4 is 4.72 Å². The first kappa shape index (κ1) is 15.2. The number of aryl methyl sites for hydroxylation is 2. The van der Waals surface area contributed by atoms with E-state index in [1.165, 1.54) is 11.3 Å². The number of thiazole rings is 1. The van der Waals surface area contributed by atoms with Gasteiger partial charge in [0, 0.05) is 35.1 Å². The van der Waals surface area contributed by atoms with Crippen LogP contribution in [0.2, 0.25) is 0 Å². The molecule has 2 heterocycles. The lowest BCUT2D eigenvalue weighted by atomic mass is 10.2. The summed E-state index contributed by atoms with van der Waals surface area (Å²) in [4.78, 5) is 5.43. The van der Waals surface area contributed by atoms with E-state index in [9.17, 15) is 8.42 Å². The fourth-order valence-corrected chi connectivity index (χ4v) is 4.83. The molecule has 0 aliphatic rings.